The molecular weight excluding hydrogens is 1510 g/mol. The highest BCUT2D eigenvalue weighted by molar-refractivity contribution is 7.57. The largest absolute Gasteiger partial charge is 0.467 e. The molecule has 0 amide bonds. The van der Waals surface area contributed by atoms with Gasteiger partial charge in [-0.2, -0.15) is 0 Å². The summed E-state index contributed by atoms with van der Waals surface area (Å²) in [6, 6.07) is 72.8. The molecule has 0 aliphatic carbocycles. The molecule has 0 bridgehead atoms. The average Bonchev–Trinajstić information content (AvgIpc) is 0.772. The molecule has 10 aromatic rings. The van der Waals surface area contributed by atoms with Crippen molar-refractivity contribution in [3.8, 4) is 28.7 Å². The fourth-order valence-electron chi connectivity index (χ4n) is 12.3. The number of hydrogen-bond acceptors (Lipinski definition) is 15. The molecule has 5 unspecified atom stereocenters. The highest BCUT2D eigenvalue weighted by Gasteiger charge is 2.24. The smallest absolute Gasteiger partial charge is 0.188 e. The van der Waals surface area contributed by atoms with E-state index in [-0.39, 0.29) is 39.4 Å². The predicted molar refractivity (Wildman–Crippen MR) is 494 cm³/mol. The Labute approximate surface area is 693 Å². The van der Waals surface area contributed by atoms with E-state index in [0.29, 0.717) is 42.9 Å². The summed E-state index contributed by atoms with van der Waals surface area (Å²) in [6.07, 6.45) is 0. The van der Waals surface area contributed by atoms with E-state index in [0.717, 1.165) is 72.6 Å². The van der Waals surface area contributed by atoms with E-state index in [1.165, 1.54) is 103 Å². The molecule has 0 spiro atoms. The lowest BCUT2D eigenvalue weighted by molar-refractivity contribution is 0.0505. The minimum atomic E-state index is 0.0114. The molecule has 20 heteroatoms. The number of hydrogen-bond donors (Lipinski definition) is 0. The van der Waals surface area contributed by atoms with Crippen molar-refractivity contribution < 1.29 is 47.4 Å². The van der Waals surface area contributed by atoms with Crippen molar-refractivity contribution in [3.63, 3.8) is 0 Å². The second kappa shape index (κ2) is 51.2. The summed E-state index contributed by atoms with van der Waals surface area (Å²) in [5.41, 5.74) is 14.2. The minimum absolute atomic E-state index is 0.0114. The van der Waals surface area contributed by atoms with Crippen LogP contribution in [0.15, 0.2) is 206 Å². The van der Waals surface area contributed by atoms with E-state index in [1.807, 2.05) is 18.2 Å². The standard InChI is InChI=1S/C22H32NO2P.C19H26NO2P.2C18H24NO2P.C17H22NO2P/c1-16-12-18(22(2,3)4)21(25-15-24-7)20(13-16)26-19-11-9-8-10-17(19)14-23(5)6;1-14-10-15(2)19(22-13-21-5)18(11-14)23-17-9-7-6-8-16(17)12-20(3)4;1-14-8-7-11-17(18(14)21-13-20-4)22-16-10-6-5-9-15(16)12-19(2)3;1-14-9-10-16(21-13-20-4)18(11-14)22-17-8-6-5-7-15(17)12-19(2)3;1-18(2)12-14-8-4-6-10-16(14)21-17-11-7-5-9-15(17)20-13-19-3/h8-13,26H,14-15H2,1-7H3;6-11,23H,12-13H2,1-5H3;2*5-11,22H,12-13H2,1-4H3;4-11,21H,12-13H2,1-3H3. The van der Waals surface area contributed by atoms with Gasteiger partial charge < -0.3 is 71.9 Å². The molecule has 10 aromatic carbocycles. The van der Waals surface area contributed by atoms with Gasteiger partial charge in [0.1, 0.15) is 28.7 Å². The first-order chi connectivity index (χ1) is 54.6. The lowest BCUT2D eigenvalue weighted by atomic mass is 9.85. The summed E-state index contributed by atoms with van der Waals surface area (Å²) < 4.78 is 54.4. The SMILES string of the molecule is COCOc1c(C)cc(C)cc1Pc1ccccc1CN(C)C.COCOc1c(C)cccc1Pc1ccccc1CN(C)C.COCOc1c(Pc2ccccc2CN(C)C)cc(C)cc1C(C)(C)C.COCOc1ccc(C)cc1Pc1ccccc1CN(C)C.COCOc1ccccc1Pc1ccccc1CN(C)C. The van der Waals surface area contributed by atoms with Crippen molar-refractivity contribution in [3.05, 3.63) is 267 Å². The summed E-state index contributed by atoms with van der Waals surface area (Å²) in [4.78, 5) is 11.0. The van der Waals surface area contributed by atoms with Crippen LogP contribution in [0.1, 0.15) is 82.0 Å². The number of ether oxygens (including phenoxy) is 10. The van der Waals surface area contributed by atoms with Gasteiger partial charge in [-0.3, -0.25) is 0 Å². The molecule has 0 fully saturated rings. The van der Waals surface area contributed by atoms with Gasteiger partial charge >= 0.3 is 0 Å². The first-order valence-electron chi connectivity index (χ1n) is 38.3. The molecule has 0 heterocycles. The number of aryl methyl sites for hydroxylation is 5. The van der Waals surface area contributed by atoms with Crippen LogP contribution in [0.2, 0.25) is 0 Å². The van der Waals surface area contributed by atoms with E-state index in [4.69, 9.17) is 47.4 Å². The molecule has 0 aromatic heterocycles. The van der Waals surface area contributed by atoms with Crippen molar-refractivity contribution in [2.45, 2.75) is 93.5 Å². The third kappa shape index (κ3) is 33.5. The van der Waals surface area contributed by atoms with Crippen LogP contribution >= 0.6 is 42.9 Å². The summed E-state index contributed by atoms with van der Waals surface area (Å²) in [7, 11) is 32.1. The van der Waals surface area contributed by atoms with Crippen LogP contribution in [0, 0.1) is 34.6 Å². The van der Waals surface area contributed by atoms with Crippen LogP contribution in [0.3, 0.4) is 0 Å². The van der Waals surface area contributed by atoms with Crippen LogP contribution in [0.25, 0.3) is 0 Å². The predicted octanol–water partition coefficient (Wildman–Crippen LogP) is 14.6. The highest BCUT2D eigenvalue weighted by Crippen LogP contribution is 2.36. The molecule has 5 atom stereocenters. The van der Waals surface area contributed by atoms with Crippen molar-refractivity contribution in [2.75, 3.05) is 140 Å². The van der Waals surface area contributed by atoms with Gasteiger partial charge in [-0.05, 0) is 217 Å². The maximum Gasteiger partial charge on any atom is 0.188 e. The lowest BCUT2D eigenvalue weighted by Gasteiger charge is -2.26. The summed E-state index contributed by atoms with van der Waals surface area (Å²) in [5, 5.41) is 13.0. The highest BCUT2D eigenvalue weighted by atomic mass is 31.1. The Hall–Kier alpha value is -7.05. The summed E-state index contributed by atoms with van der Waals surface area (Å²) in [6.45, 7) is 23.4. The number of nitrogens with zero attached hydrogens (tertiary/aromatic N) is 5. The molecule has 0 saturated carbocycles. The van der Waals surface area contributed by atoms with E-state index in [1.54, 1.807) is 35.5 Å². The maximum atomic E-state index is 6.07. The van der Waals surface area contributed by atoms with Crippen molar-refractivity contribution in [1.82, 2.24) is 24.5 Å². The average molecular weight is 1640 g/mol. The van der Waals surface area contributed by atoms with Gasteiger partial charge in [0.25, 0.3) is 0 Å². The Morgan fingerprint density at radius 3 is 0.930 bits per heavy atom. The molecule has 114 heavy (non-hydrogen) atoms. The summed E-state index contributed by atoms with van der Waals surface area (Å²) in [5.74, 6) is 4.68. The Balaban J connectivity index is 0.000000222. The topological polar surface area (TPSA) is 109 Å². The zero-order valence-electron chi connectivity index (χ0n) is 72.0. The van der Waals surface area contributed by atoms with Gasteiger partial charge in [0.15, 0.2) is 34.0 Å². The third-order valence-electron chi connectivity index (χ3n) is 17.2. The van der Waals surface area contributed by atoms with Gasteiger partial charge in [0.2, 0.25) is 0 Å². The normalized spacial score (nSPS) is 11.7. The number of methoxy groups -OCH3 is 5. The molecule has 15 nitrogen and oxygen atoms in total. The molecule has 0 radical (unpaired) electrons. The fraction of sp³-hybridized carbons (Fsp3) is 0.362. The van der Waals surface area contributed by atoms with E-state index < -0.39 is 0 Å². The zero-order valence-corrected chi connectivity index (χ0v) is 77.0. The van der Waals surface area contributed by atoms with Crippen LogP contribution in [-0.2, 0) is 61.8 Å². The van der Waals surface area contributed by atoms with Gasteiger partial charge in [-0.1, -0.05) is 245 Å². The Morgan fingerprint density at radius 2 is 0.544 bits per heavy atom. The van der Waals surface area contributed by atoms with Gasteiger partial charge in [0.05, 0.1) is 0 Å². The van der Waals surface area contributed by atoms with E-state index in [2.05, 4.69) is 338 Å². The number of benzene rings is 10. The maximum absolute atomic E-state index is 6.07. The van der Waals surface area contributed by atoms with Crippen LogP contribution in [-0.4, -0.2) is 164 Å². The second-order valence-corrected chi connectivity index (χ2v) is 36.8. The van der Waals surface area contributed by atoms with Crippen LogP contribution < -0.4 is 76.7 Å². The molecule has 0 N–H and O–H groups in total. The van der Waals surface area contributed by atoms with Crippen molar-refractivity contribution >= 4 is 95.9 Å². The second-order valence-electron chi connectivity index (χ2n) is 30.2. The fourth-order valence-corrected chi connectivity index (χ4v) is 19.1. The summed E-state index contributed by atoms with van der Waals surface area (Å²) >= 11 is 0. The molecule has 10 rings (SSSR count). The quantitative estimate of drug-likeness (QED) is 0.0278. The third-order valence-corrected chi connectivity index (χ3v) is 24.3. The van der Waals surface area contributed by atoms with E-state index >= 15 is 0 Å². The van der Waals surface area contributed by atoms with Crippen molar-refractivity contribution in [1.29, 1.82) is 0 Å². The monoisotopic (exact) mass is 1640 g/mol. The Bertz CT molecular complexity index is 4440. The van der Waals surface area contributed by atoms with Gasteiger partial charge in [-0.25, -0.2) is 0 Å². The van der Waals surface area contributed by atoms with Crippen molar-refractivity contribution in [2.24, 2.45) is 0 Å². The Kier molecular flexibility index (Phi) is 43.0. The number of para-hydroxylation sites is 2. The minimum Gasteiger partial charge on any atom is -0.467 e. The van der Waals surface area contributed by atoms with Crippen LogP contribution in [0.4, 0.5) is 0 Å². The Morgan fingerprint density at radius 1 is 0.254 bits per heavy atom. The van der Waals surface area contributed by atoms with Gasteiger partial charge in [0, 0.05) is 100 Å². The zero-order chi connectivity index (χ0) is 83.1. The van der Waals surface area contributed by atoms with Gasteiger partial charge in [-0.15, -0.1) is 0 Å². The first-order valence-corrected chi connectivity index (χ1v) is 43.3. The molecular formula is C94H128N5O10P5. The van der Waals surface area contributed by atoms with Crippen LogP contribution in [0.5, 0.6) is 28.7 Å². The molecule has 0 aliphatic rings. The molecule has 0 aliphatic heterocycles. The first kappa shape index (κ1) is 95.8. The molecule has 0 saturated heterocycles. The van der Waals surface area contributed by atoms with E-state index in [9.17, 15) is 0 Å². The molecule has 614 valence electrons. The number of rotatable bonds is 35. The lowest BCUT2D eigenvalue weighted by Crippen LogP contribution is -2.22.